The van der Waals surface area contributed by atoms with Crippen molar-refractivity contribution >= 4 is 11.8 Å². The number of benzene rings is 2. The highest BCUT2D eigenvalue weighted by Crippen LogP contribution is 2.35. The highest BCUT2D eigenvalue weighted by molar-refractivity contribution is 5.90. The van der Waals surface area contributed by atoms with E-state index in [0.717, 1.165) is 41.8 Å². The summed E-state index contributed by atoms with van der Waals surface area (Å²) in [6, 6.07) is 17.6. The van der Waals surface area contributed by atoms with Gasteiger partial charge in [0.15, 0.2) is 0 Å². The fourth-order valence-electron chi connectivity index (χ4n) is 5.34. The summed E-state index contributed by atoms with van der Waals surface area (Å²) in [6.07, 6.45) is -1.65. The van der Waals surface area contributed by atoms with Gasteiger partial charge in [0.2, 0.25) is 0 Å². The van der Waals surface area contributed by atoms with Gasteiger partial charge in [-0.2, -0.15) is 18.3 Å². The van der Waals surface area contributed by atoms with Crippen LogP contribution in [0.1, 0.15) is 36.1 Å². The summed E-state index contributed by atoms with van der Waals surface area (Å²) < 4.78 is 41.4. The maximum absolute atomic E-state index is 13.3. The number of alkyl halides is 3. The molecule has 1 aromatic heterocycles. The summed E-state index contributed by atoms with van der Waals surface area (Å²) >= 11 is 0. The maximum atomic E-state index is 13.3. The summed E-state index contributed by atoms with van der Waals surface area (Å²) in [5.41, 5.74) is 3.73. The summed E-state index contributed by atoms with van der Waals surface area (Å²) in [5.74, 6) is 0.360. The molecule has 1 aliphatic heterocycles. The first-order valence-corrected chi connectivity index (χ1v) is 11.9. The zero-order valence-corrected chi connectivity index (χ0v) is 19.4. The lowest BCUT2D eigenvalue weighted by Crippen LogP contribution is -2.48. The topological polar surface area (TPSA) is 62.2 Å². The number of fused-ring (bicyclic) bond motifs is 1. The molecule has 2 heterocycles. The van der Waals surface area contributed by atoms with E-state index < -0.39 is 30.8 Å². The summed E-state index contributed by atoms with van der Waals surface area (Å²) in [4.78, 5) is 14.7. The van der Waals surface area contributed by atoms with E-state index in [0.29, 0.717) is 5.82 Å². The van der Waals surface area contributed by atoms with Crippen LogP contribution in [0.3, 0.4) is 0 Å². The SMILES string of the molecule is C[C@@H]1C(NC(=O)Nc2c3c(nn2-c2ccccc2)CCC3)[C@H](c2ccccc2)CN1CC(F)(F)F. The Labute approximate surface area is 202 Å². The minimum absolute atomic E-state index is 0.215. The molecule has 5 rings (SSSR count). The summed E-state index contributed by atoms with van der Waals surface area (Å²) in [7, 11) is 0. The lowest BCUT2D eigenvalue weighted by Gasteiger charge is -2.27. The lowest BCUT2D eigenvalue weighted by atomic mass is 9.92. The number of nitrogens with one attached hydrogen (secondary N) is 2. The van der Waals surface area contributed by atoms with Crippen LogP contribution in [0.15, 0.2) is 60.7 Å². The Morgan fingerprint density at radius 3 is 2.43 bits per heavy atom. The normalized spacial score (nSPS) is 22.2. The molecule has 3 atom stereocenters. The van der Waals surface area contributed by atoms with E-state index in [2.05, 4.69) is 10.6 Å². The molecule has 2 aliphatic rings. The Morgan fingerprint density at radius 2 is 1.74 bits per heavy atom. The van der Waals surface area contributed by atoms with Gasteiger partial charge in [0.25, 0.3) is 0 Å². The minimum Gasteiger partial charge on any atom is -0.333 e. The number of rotatable bonds is 5. The van der Waals surface area contributed by atoms with Gasteiger partial charge in [-0.3, -0.25) is 10.2 Å². The molecule has 0 spiro atoms. The first-order chi connectivity index (χ1) is 16.8. The number of carbonyl (C=O) groups excluding carboxylic acids is 1. The predicted octanol–water partition coefficient (Wildman–Crippen LogP) is 4.90. The fourth-order valence-corrected chi connectivity index (χ4v) is 5.34. The van der Waals surface area contributed by atoms with Crippen LogP contribution < -0.4 is 10.6 Å². The third-order valence-electron chi connectivity index (χ3n) is 7.01. The average Bonchev–Trinajstić information content (AvgIpc) is 3.50. The highest BCUT2D eigenvalue weighted by atomic mass is 19.4. The van der Waals surface area contributed by atoms with Crippen molar-refractivity contribution in [2.24, 2.45) is 0 Å². The highest BCUT2D eigenvalue weighted by Gasteiger charge is 2.45. The van der Waals surface area contributed by atoms with Gasteiger partial charge in [-0.1, -0.05) is 48.5 Å². The quantitative estimate of drug-likeness (QED) is 0.543. The number of para-hydroxylation sites is 1. The van der Waals surface area contributed by atoms with Crippen LogP contribution in [-0.4, -0.2) is 52.1 Å². The zero-order valence-electron chi connectivity index (χ0n) is 19.4. The van der Waals surface area contributed by atoms with Crippen LogP contribution in [-0.2, 0) is 12.8 Å². The van der Waals surface area contributed by atoms with E-state index in [4.69, 9.17) is 5.10 Å². The number of carbonyl (C=O) groups is 1. The molecule has 1 saturated heterocycles. The number of aryl methyl sites for hydroxylation is 1. The van der Waals surface area contributed by atoms with Crippen LogP contribution in [0.25, 0.3) is 5.69 Å². The molecule has 3 aromatic rings. The third kappa shape index (κ3) is 4.91. The van der Waals surface area contributed by atoms with Crippen LogP contribution in [0.2, 0.25) is 0 Å². The molecular formula is C26H28F3N5O. The van der Waals surface area contributed by atoms with E-state index in [-0.39, 0.29) is 12.5 Å². The first-order valence-electron chi connectivity index (χ1n) is 11.9. The Hall–Kier alpha value is -3.33. The van der Waals surface area contributed by atoms with Crippen LogP contribution in [0, 0.1) is 0 Å². The minimum atomic E-state index is -4.31. The second kappa shape index (κ2) is 9.37. The molecule has 1 unspecified atom stereocenters. The molecule has 2 N–H and O–H groups in total. The van der Waals surface area contributed by atoms with Crippen LogP contribution in [0.4, 0.5) is 23.8 Å². The van der Waals surface area contributed by atoms with Crippen molar-refractivity contribution in [2.45, 2.75) is 50.4 Å². The molecular weight excluding hydrogens is 455 g/mol. The lowest BCUT2D eigenvalue weighted by molar-refractivity contribution is -0.147. The molecule has 9 heteroatoms. The molecule has 35 heavy (non-hydrogen) atoms. The van der Waals surface area contributed by atoms with Crippen LogP contribution >= 0.6 is 0 Å². The van der Waals surface area contributed by atoms with Crippen molar-refractivity contribution in [2.75, 3.05) is 18.4 Å². The number of likely N-dealkylation sites (tertiary alicyclic amines) is 1. The van der Waals surface area contributed by atoms with E-state index in [1.807, 2.05) is 60.7 Å². The Balaban J connectivity index is 1.40. The Kier molecular flexibility index (Phi) is 6.27. The second-order valence-corrected chi connectivity index (χ2v) is 9.30. The molecule has 2 aromatic carbocycles. The number of amides is 2. The molecule has 2 amide bonds. The van der Waals surface area contributed by atoms with Crippen molar-refractivity contribution in [3.8, 4) is 5.69 Å². The number of hydrogen-bond donors (Lipinski definition) is 2. The van der Waals surface area contributed by atoms with Gasteiger partial charge >= 0.3 is 12.2 Å². The van der Waals surface area contributed by atoms with E-state index in [9.17, 15) is 18.0 Å². The van der Waals surface area contributed by atoms with Gasteiger partial charge in [-0.05, 0) is 43.9 Å². The molecule has 0 saturated carbocycles. The molecule has 184 valence electrons. The Morgan fingerprint density at radius 1 is 1.06 bits per heavy atom. The van der Waals surface area contributed by atoms with Crippen LogP contribution in [0.5, 0.6) is 0 Å². The molecule has 0 radical (unpaired) electrons. The van der Waals surface area contributed by atoms with Gasteiger partial charge in [0.05, 0.1) is 24.0 Å². The molecule has 6 nitrogen and oxygen atoms in total. The third-order valence-corrected chi connectivity index (χ3v) is 7.01. The van der Waals surface area contributed by atoms with E-state index >= 15 is 0 Å². The standard InChI is InChI=1S/C26H28F3N5O/c1-17-23(21(18-9-4-2-5-10-18)15-33(17)16-26(27,28)29)30-25(35)31-24-20-13-8-14-22(20)32-34(24)19-11-6-3-7-12-19/h2-7,9-12,17,21,23H,8,13-16H2,1H3,(H2,30,31,35)/t17-,21+,23?/m1/s1. The fraction of sp³-hybridized carbons (Fsp3) is 0.385. The number of urea groups is 1. The largest absolute Gasteiger partial charge is 0.401 e. The number of aromatic nitrogens is 2. The number of nitrogens with zero attached hydrogens (tertiary/aromatic N) is 3. The number of halogens is 3. The van der Waals surface area contributed by atoms with Crippen molar-refractivity contribution in [1.29, 1.82) is 0 Å². The van der Waals surface area contributed by atoms with Crippen molar-refractivity contribution in [3.05, 3.63) is 77.5 Å². The molecule has 0 bridgehead atoms. The molecule has 1 fully saturated rings. The monoisotopic (exact) mass is 483 g/mol. The van der Waals surface area contributed by atoms with Gasteiger partial charge in [0.1, 0.15) is 5.82 Å². The van der Waals surface area contributed by atoms with Gasteiger partial charge in [-0.15, -0.1) is 0 Å². The van der Waals surface area contributed by atoms with Crippen molar-refractivity contribution in [1.82, 2.24) is 20.0 Å². The average molecular weight is 484 g/mol. The molecule has 1 aliphatic carbocycles. The first kappa shape index (κ1) is 23.4. The number of hydrogen-bond acceptors (Lipinski definition) is 3. The van der Waals surface area contributed by atoms with Gasteiger partial charge in [-0.25, -0.2) is 9.48 Å². The van der Waals surface area contributed by atoms with E-state index in [1.54, 1.807) is 11.6 Å². The Bertz CT molecular complexity index is 1180. The smallest absolute Gasteiger partial charge is 0.333 e. The summed E-state index contributed by atoms with van der Waals surface area (Å²) in [5, 5.41) is 10.7. The van der Waals surface area contributed by atoms with Gasteiger partial charge < -0.3 is 5.32 Å². The van der Waals surface area contributed by atoms with Gasteiger partial charge in [0, 0.05) is 24.1 Å². The van der Waals surface area contributed by atoms with Crippen molar-refractivity contribution in [3.63, 3.8) is 0 Å². The maximum Gasteiger partial charge on any atom is 0.401 e. The summed E-state index contributed by atoms with van der Waals surface area (Å²) in [6.45, 7) is 0.949. The van der Waals surface area contributed by atoms with E-state index in [1.165, 1.54) is 4.90 Å². The second-order valence-electron chi connectivity index (χ2n) is 9.30. The zero-order chi connectivity index (χ0) is 24.6. The predicted molar refractivity (Wildman–Crippen MR) is 128 cm³/mol. The number of anilines is 1. The van der Waals surface area contributed by atoms with Crippen molar-refractivity contribution < 1.29 is 18.0 Å².